The van der Waals surface area contributed by atoms with E-state index in [-0.39, 0.29) is 5.78 Å². The topological polar surface area (TPSA) is 57.0 Å². The Balaban J connectivity index is 2.27. The smallest absolute Gasteiger partial charge is 0.221 e. The largest absolute Gasteiger partial charge is 0.421 e. The van der Waals surface area contributed by atoms with E-state index in [0.29, 0.717) is 17.3 Å². The van der Waals surface area contributed by atoms with E-state index >= 15 is 0 Å². The number of hydrogen-bond donors (Lipinski definition) is 0. The Hall–Kier alpha value is -2.17. The summed E-state index contributed by atoms with van der Waals surface area (Å²) in [6, 6.07) is 5.08. The van der Waals surface area contributed by atoms with Gasteiger partial charge in [0, 0.05) is 30.9 Å². The van der Waals surface area contributed by atoms with Crippen LogP contribution < -0.4 is 4.74 Å². The Kier molecular flexibility index (Phi) is 2.91. The fourth-order valence-corrected chi connectivity index (χ4v) is 1.47. The molecule has 0 saturated heterocycles. The number of ketones is 1. The lowest BCUT2D eigenvalue weighted by molar-refractivity contribution is 0.101. The highest BCUT2D eigenvalue weighted by molar-refractivity contribution is 5.94. The second kappa shape index (κ2) is 4.37. The average Bonchev–Trinajstić information content (AvgIpc) is 2.58. The molecule has 0 radical (unpaired) electrons. The zero-order valence-corrected chi connectivity index (χ0v) is 9.97. The van der Waals surface area contributed by atoms with Gasteiger partial charge in [-0.3, -0.25) is 4.79 Å². The SMILES string of the molecule is CC(=O)c1ccnc(Oc2cc(C)nn2C)c1. The number of hydrogen-bond acceptors (Lipinski definition) is 4. The van der Waals surface area contributed by atoms with Crippen molar-refractivity contribution < 1.29 is 9.53 Å². The van der Waals surface area contributed by atoms with Crippen LogP contribution in [-0.2, 0) is 7.05 Å². The van der Waals surface area contributed by atoms with E-state index < -0.39 is 0 Å². The molecule has 0 aliphatic heterocycles. The first-order valence-electron chi connectivity index (χ1n) is 5.22. The number of aromatic nitrogens is 3. The molecule has 88 valence electrons. The van der Waals surface area contributed by atoms with Gasteiger partial charge in [-0.05, 0) is 19.9 Å². The highest BCUT2D eigenvalue weighted by Crippen LogP contribution is 2.20. The molecule has 2 heterocycles. The summed E-state index contributed by atoms with van der Waals surface area (Å²) in [5.74, 6) is 0.967. The van der Waals surface area contributed by atoms with Crippen molar-refractivity contribution in [1.29, 1.82) is 0 Å². The standard InChI is InChI=1S/C12H13N3O2/c1-8-6-12(15(3)14-8)17-11-7-10(9(2)16)4-5-13-11/h4-7H,1-3H3. The molecule has 2 rings (SSSR count). The quantitative estimate of drug-likeness (QED) is 0.759. The van der Waals surface area contributed by atoms with Crippen LogP contribution in [0.1, 0.15) is 23.0 Å². The Morgan fingerprint density at radius 3 is 2.76 bits per heavy atom. The summed E-state index contributed by atoms with van der Waals surface area (Å²) in [6.07, 6.45) is 1.55. The molecule has 0 atom stereocenters. The van der Waals surface area contributed by atoms with Crippen LogP contribution >= 0.6 is 0 Å². The van der Waals surface area contributed by atoms with Crippen molar-refractivity contribution in [3.05, 3.63) is 35.7 Å². The zero-order valence-electron chi connectivity index (χ0n) is 9.97. The highest BCUT2D eigenvalue weighted by atomic mass is 16.5. The summed E-state index contributed by atoms with van der Waals surface area (Å²) in [6.45, 7) is 3.39. The number of nitrogens with zero attached hydrogens (tertiary/aromatic N) is 3. The predicted octanol–water partition coefficient (Wildman–Crippen LogP) is 2.12. The third-order valence-corrected chi connectivity index (χ3v) is 2.31. The van der Waals surface area contributed by atoms with Gasteiger partial charge in [-0.25, -0.2) is 9.67 Å². The Bertz CT molecular complexity index is 561. The number of ether oxygens (including phenoxy) is 1. The first kappa shape index (κ1) is 11.3. The van der Waals surface area contributed by atoms with E-state index in [1.807, 2.05) is 13.0 Å². The molecule has 5 heteroatoms. The Morgan fingerprint density at radius 1 is 1.41 bits per heavy atom. The van der Waals surface area contributed by atoms with Crippen LogP contribution in [0.25, 0.3) is 0 Å². The monoisotopic (exact) mass is 231 g/mol. The van der Waals surface area contributed by atoms with Crippen molar-refractivity contribution >= 4 is 5.78 Å². The van der Waals surface area contributed by atoms with Gasteiger partial charge in [0.2, 0.25) is 11.8 Å². The summed E-state index contributed by atoms with van der Waals surface area (Å²) in [4.78, 5) is 15.3. The van der Waals surface area contributed by atoms with Gasteiger partial charge in [0.1, 0.15) is 0 Å². The molecule has 0 aliphatic carbocycles. The number of pyridine rings is 1. The minimum Gasteiger partial charge on any atom is -0.421 e. The lowest BCUT2D eigenvalue weighted by atomic mass is 10.2. The van der Waals surface area contributed by atoms with Crippen LogP contribution in [0, 0.1) is 6.92 Å². The number of aryl methyl sites for hydroxylation is 2. The number of carbonyl (C=O) groups is 1. The van der Waals surface area contributed by atoms with Gasteiger partial charge < -0.3 is 4.74 Å². The fourth-order valence-electron chi connectivity index (χ4n) is 1.47. The Labute approximate surface area is 99.1 Å². The third kappa shape index (κ3) is 2.50. The van der Waals surface area contributed by atoms with Gasteiger partial charge in [-0.2, -0.15) is 5.10 Å². The first-order valence-corrected chi connectivity index (χ1v) is 5.22. The molecule has 0 spiro atoms. The van der Waals surface area contributed by atoms with E-state index in [1.165, 1.54) is 6.92 Å². The van der Waals surface area contributed by atoms with E-state index in [0.717, 1.165) is 5.69 Å². The van der Waals surface area contributed by atoms with Gasteiger partial charge in [-0.15, -0.1) is 0 Å². The van der Waals surface area contributed by atoms with Gasteiger partial charge in [0.05, 0.1) is 5.69 Å². The van der Waals surface area contributed by atoms with Crippen molar-refractivity contribution in [1.82, 2.24) is 14.8 Å². The van der Waals surface area contributed by atoms with Gasteiger partial charge in [-0.1, -0.05) is 0 Å². The van der Waals surface area contributed by atoms with Gasteiger partial charge >= 0.3 is 0 Å². The molecule has 5 nitrogen and oxygen atoms in total. The summed E-state index contributed by atoms with van der Waals surface area (Å²) in [5.41, 5.74) is 1.44. The predicted molar refractivity (Wildman–Crippen MR) is 62.3 cm³/mol. The lowest BCUT2D eigenvalue weighted by Crippen LogP contribution is -1.98. The summed E-state index contributed by atoms with van der Waals surface area (Å²) >= 11 is 0. The van der Waals surface area contributed by atoms with Crippen LogP contribution in [0.5, 0.6) is 11.8 Å². The second-order valence-electron chi connectivity index (χ2n) is 3.79. The molecule has 17 heavy (non-hydrogen) atoms. The van der Waals surface area contributed by atoms with E-state index in [9.17, 15) is 4.79 Å². The minimum absolute atomic E-state index is 0.0153. The maximum absolute atomic E-state index is 11.2. The molecular weight excluding hydrogens is 218 g/mol. The third-order valence-electron chi connectivity index (χ3n) is 2.31. The summed E-state index contributed by atoms with van der Waals surface area (Å²) < 4.78 is 7.18. The molecule has 0 N–H and O–H groups in total. The molecule has 0 aliphatic rings. The van der Waals surface area contributed by atoms with Crippen LogP contribution in [0.3, 0.4) is 0 Å². The highest BCUT2D eigenvalue weighted by Gasteiger charge is 2.07. The first-order chi connectivity index (χ1) is 8.06. The molecule has 2 aromatic rings. The molecule has 0 unspecified atom stereocenters. The van der Waals surface area contributed by atoms with Crippen molar-refractivity contribution in [2.45, 2.75) is 13.8 Å². The minimum atomic E-state index is -0.0153. The van der Waals surface area contributed by atoms with Crippen LogP contribution in [0.2, 0.25) is 0 Å². The summed E-state index contributed by atoms with van der Waals surface area (Å²) in [7, 11) is 1.79. The zero-order chi connectivity index (χ0) is 12.4. The number of carbonyl (C=O) groups excluding carboxylic acids is 1. The second-order valence-corrected chi connectivity index (χ2v) is 3.79. The average molecular weight is 231 g/mol. The normalized spacial score (nSPS) is 10.3. The number of rotatable bonds is 3. The van der Waals surface area contributed by atoms with E-state index in [2.05, 4.69) is 10.1 Å². The van der Waals surface area contributed by atoms with Crippen LogP contribution in [0.4, 0.5) is 0 Å². The summed E-state index contributed by atoms with van der Waals surface area (Å²) in [5, 5.41) is 4.16. The van der Waals surface area contributed by atoms with Gasteiger partial charge in [0.15, 0.2) is 5.78 Å². The fraction of sp³-hybridized carbons (Fsp3) is 0.250. The van der Waals surface area contributed by atoms with Crippen molar-refractivity contribution in [2.24, 2.45) is 7.05 Å². The van der Waals surface area contributed by atoms with E-state index in [1.54, 1.807) is 30.1 Å². The molecule has 0 bridgehead atoms. The maximum atomic E-state index is 11.2. The lowest BCUT2D eigenvalue weighted by Gasteiger charge is -2.04. The van der Waals surface area contributed by atoms with Crippen molar-refractivity contribution in [3.8, 4) is 11.8 Å². The molecular formula is C12H13N3O2. The molecule has 0 amide bonds. The van der Waals surface area contributed by atoms with Crippen molar-refractivity contribution in [2.75, 3.05) is 0 Å². The van der Waals surface area contributed by atoms with E-state index in [4.69, 9.17) is 4.74 Å². The Morgan fingerprint density at radius 2 is 2.18 bits per heavy atom. The van der Waals surface area contributed by atoms with Crippen molar-refractivity contribution in [3.63, 3.8) is 0 Å². The maximum Gasteiger partial charge on any atom is 0.221 e. The molecule has 0 fully saturated rings. The molecule has 2 aromatic heterocycles. The number of Topliss-reactive ketones (excluding diaryl/α,β-unsaturated/α-hetero) is 1. The van der Waals surface area contributed by atoms with Gasteiger partial charge in [0.25, 0.3) is 0 Å². The van der Waals surface area contributed by atoms with Crippen LogP contribution in [-0.4, -0.2) is 20.5 Å². The molecule has 0 saturated carbocycles. The van der Waals surface area contributed by atoms with Crippen LogP contribution in [0.15, 0.2) is 24.4 Å². The molecule has 0 aromatic carbocycles.